The number of nitrogens with zero attached hydrogens (tertiary/aromatic N) is 1. The minimum atomic E-state index is -3.75. The average molecular weight is 461 g/mol. The van der Waals surface area contributed by atoms with Crippen LogP contribution in [-0.2, 0) is 21.1 Å². The maximum Gasteiger partial charge on any atom is 0.264 e. The van der Waals surface area contributed by atoms with Crippen molar-refractivity contribution in [3.05, 3.63) is 28.8 Å². The molecule has 164 valence electrons. The molecule has 3 rings (SSSR count). The third-order valence-corrected chi connectivity index (χ3v) is 8.98. The number of aryl methyl sites for hydroxylation is 1. The van der Waals surface area contributed by atoms with Gasteiger partial charge in [0.25, 0.3) is 5.91 Å². The van der Waals surface area contributed by atoms with Crippen molar-refractivity contribution in [3.63, 3.8) is 0 Å². The number of aliphatic hydroxyl groups excluding tert-OH is 1. The molecular formula is C22H24N2O5S2. The zero-order valence-corrected chi connectivity index (χ0v) is 19.2. The highest BCUT2D eigenvalue weighted by Gasteiger charge is 2.48. The first-order valence-corrected chi connectivity index (χ1v) is 12.4. The Morgan fingerprint density at radius 1 is 1.42 bits per heavy atom. The number of fused-ring (bicyclic) bond motifs is 1. The summed E-state index contributed by atoms with van der Waals surface area (Å²) in [6.45, 7) is 3.43. The maximum atomic E-state index is 12.1. The lowest BCUT2D eigenvalue weighted by molar-refractivity contribution is -0.131. The van der Waals surface area contributed by atoms with Gasteiger partial charge in [-0.3, -0.25) is 10.0 Å². The molecule has 1 heterocycles. The molecule has 0 radical (unpaired) electrons. The second-order valence-electron chi connectivity index (χ2n) is 8.32. The Balaban J connectivity index is 1.72. The lowest BCUT2D eigenvalue weighted by atomic mass is 10.0. The summed E-state index contributed by atoms with van der Waals surface area (Å²) < 4.78 is 23.3. The van der Waals surface area contributed by atoms with E-state index in [-0.39, 0.29) is 30.8 Å². The summed E-state index contributed by atoms with van der Waals surface area (Å²) in [4.78, 5) is 16.5. The summed E-state index contributed by atoms with van der Waals surface area (Å²) in [6, 6.07) is 5.58. The Morgan fingerprint density at radius 2 is 2.16 bits per heavy atom. The molecule has 1 unspecified atom stereocenters. The van der Waals surface area contributed by atoms with Gasteiger partial charge >= 0.3 is 0 Å². The summed E-state index contributed by atoms with van der Waals surface area (Å²) >= 11 is 1.41. The largest absolute Gasteiger partial charge is 0.396 e. The van der Waals surface area contributed by atoms with Crippen molar-refractivity contribution >= 4 is 37.3 Å². The van der Waals surface area contributed by atoms with E-state index in [4.69, 9.17) is 5.21 Å². The van der Waals surface area contributed by atoms with Gasteiger partial charge in [0.1, 0.15) is 4.75 Å². The molecule has 1 aliphatic carbocycles. The molecule has 1 aromatic carbocycles. The Labute approximate surface area is 185 Å². The number of nitrogens with one attached hydrogen (secondary N) is 1. The first kappa shape index (κ1) is 23.2. The van der Waals surface area contributed by atoms with E-state index >= 15 is 0 Å². The quantitative estimate of drug-likeness (QED) is 0.344. The van der Waals surface area contributed by atoms with Crippen LogP contribution in [0.3, 0.4) is 0 Å². The number of aliphatic hydroxyl groups is 1. The van der Waals surface area contributed by atoms with E-state index in [1.54, 1.807) is 0 Å². The highest BCUT2D eigenvalue weighted by molar-refractivity contribution is 7.92. The molecule has 0 saturated heterocycles. The minimum Gasteiger partial charge on any atom is -0.396 e. The van der Waals surface area contributed by atoms with Crippen LogP contribution in [0.4, 0.5) is 0 Å². The van der Waals surface area contributed by atoms with E-state index in [1.807, 2.05) is 25.1 Å². The van der Waals surface area contributed by atoms with E-state index < -0.39 is 20.5 Å². The topological polar surface area (TPSA) is 117 Å². The maximum absolute atomic E-state index is 12.1. The molecule has 3 atom stereocenters. The van der Waals surface area contributed by atoms with Gasteiger partial charge in [-0.05, 0) is 49.8 Å². The van der Waals surface area contributed by atoms with Crippen molar-refractivity contribution in [2.75, 3.05) is 12.9 Å². The number of hydrogen-bond acceptors (Lipinski definition) is 7. The molecule has 0 spiro atoms. The van der Waals surface area contributed by atoms with E-state index in [0.717, 1.165) is 28.5 Å². The highest BCUT2D eigenvalue weighted by atomic mass is 32.2. The van der Waals surface area contributed by atoms with Gasteiger partial charge in [0.15, 0.2) is 9.84 Å². The van der Waals surface area contributed by atoms with E-state index in [9.17, 15) is 18.3 Å². The number of sulfone groups is 1. The third-order valence-electron chi connectivity index (χ3n) is 5.88. The summed E-state index contributed by atoms with van der Waals surface area (Å²) in [5.74, 6) is 11.0. The van der Waals surface area contributed by atoms with Gasteiger partial charge in [-0.25, -0.2) is 18.9 Å². The van der Waals surface area contributed by atoms with Gasteiger partial charge in [0.05, 0.1) is 15.2 Å². The molecule has 9 heteroatoms. The van der Waals surface area contributed by atoms with Crippen LogP contribution in [0.5, 0.6) is 0 Å². The molecular weight excluding hydrogens is 436 g/mol. The molecule has 2 aromatic rings. The fraction of sp³-hybridized carbons (Fsp3) is 0.455. The van der Waals surface area contributed by atoms with Crippen molar-refractivity contribution in [1.29, 1.82) is 0 Å². The van der Waals surface area contributed by atoms with Crippen LogP contribution >= 0.6 is 11.3 Å². The first-order valence-electron chi connectivity index (χ1n) is 9.68. The number of hydrogen-bond donors (Lipinski definition) is 3. The lowest BCUT2D eigenvalue weighted by Crippen LogP contribution is -2.49. The van der Waals surface area contributed by atoms with Crippen LogP contribution < -0.4 is 5.48 Å². The molecule has 1 amide bonds. The number of carbonyl (C=O) groups is 1. The van der Waals surface area contributed by atoms with Gasteiger partial charge in [-0.2, -0.15) is 0 Å². The zero-order valence-electron chi connectivity index (χ0n) is 17.5. The van der Waals surface area contributed by atoms with Crippen LogP contribution in [-0.4, -0.2) is 47.2 Å². The molecule has 7 nitrogen and oxygen atoms in total. The highest BCUT2D eigenvalue weighted by Crippen LogP contribution is 2.51. The third kappa shape index (κ3) is 4.91. The number of aromatic nitrogens is 1. The minimum absolute atomic E-state index is 0.00573. The van der Waals surface area contributed by atoms with Gasteiger partial charge in [0.2, 0.25) is 0 Å². The fourth-order valence-corrected chi connectivity index (χ4v) is 4.98. The number of thiazole rings is 1. The molecule has 1 saturated carbocycles. The van der Waals surface area contributed by atoms with E-state index in [2.05, 4.69) is 28.7 Å². The summed E-state index contributed by atoms with van der Waals surface area (Å²) in [7, 11) is -3.75. The SMILES string of the molecule is CC(CCc1nc2ccc(C#CC#C[C@H]3C[C@]3(C)CO)cc2s1)(C(=O)NO)S(C)(=O)=O. The fourth-order valence-electron chi connectivity index (χ4n) is 3.12. The predicted molar refractivity (Wildman–Crippen MR) is 119 cm³/mol. The summed E-state index contributed by atoms with van der Waals surface area (Å²) in [5.41, 5.74) is 2.92. The monoisotopic (exact) mass is 460 g/mol. The Morgan fingerprint density at radius 3 is 2.77 bits per heavy atom. The summed E-state index contributed by atoms with van der Waals surface area (Å²) in [6.07, 6.45) is 2.14. The number of carbonyl (C=O) groups excluding carboxylic acids is 1. The van der Waals surface area contributed by atoms with Crippen LogP contribution in [0, 0.1) is 35.0 Å². The molecule has 3 N–H and O–H groups in total. The number of benzene rings is 1. The number of amides is 1. The lowest BCUT2D eigenvalue weighted by Gasteiger charge is -2.24. The van der Waals surface area contributed by atoms with Gasteiger partial charge in [0, 0.05) is 36.2 Å². The van der Waals surface area contributed by atoms with E-state index in [0.29, 0.717) is 5.01 Å². The van der Waals surface area contributed by atoms with Crippen molar-refractivity contribution in [2.45, 2.75) is 37.9 Å². The smallest absolute Gasteiger partial charge is 0.264 e. The van der Waals surface area contributed by atoms with Gasteiger partial charge < -0.3 is 5.11 Å². The number of rotatable bonds is 6. The average Bonchev–Trinajstić information content (AvgIpc) is 3.20. The van der Waals surface area contributed by atoms with Gasteiger partial charge in [-0.1, -0.05) is 18.8 Å². The molecule has 1 aromatic heterocycles. The second-order valence-corrected chi connectivity index (χ2v) is 11.9. The molecule has 0 bridgehead atoms. The van der Waals surface area contributed by atoms with Crippen molar-refractivity contribution in [3.8, 4) is 23.7 Å². The van der Waals surface area contributed by atoms with Crippen LogP contribution in [0.2, 0.25) is 0 Å². The predicted octanol–water partition coefficient (Wildman–Crippen LogP) is 1.91. The van der Waals surface area contributed by atoms with Crippen LogP contribution in [0.25, 0.3) is 10.2 Å². The number of hydroxylamine groups is 1. The summed E-state index contributed by atoms with van der Waals surface area (Å²) in [5, 5.41) is 18.9. The molecule has 0 aliphatic heterocycles. The van der Waals surface area contributed by atoms with Crippen LogP contribution in [0.1, 0.15) is 37.3 Å². The Bertz CT molecular complexity index is 1250. The zero-order chi connectivity index (χ0) is 22.9. The normalized spacial score (nSPS) is 21.9. The van der Waals surface area contributed by atoms with Crippen molar-refractivity contribution in [2.24, 2.45) is 11.3 Å². The molecule has 31 heavy (non-hydrogen) atoms. The molecule has 1 fully saturated rings. The first-order chi connectivity index (χ1) is 14.5. The van der Waals surface area contributed by atoms with Crippen LogP contribution in [0.15, 0.2) is 18.2 Å². The van der Waals surface area contributed by atoms with Crippen molar-refractivity contribution in [1.82, 2.24) is 10.5 Å². The van der Waals surface area contributed by atoms with Crippen molar-refractivity contribution < 1.29 is 23.5 Å². The molecule has 1 aliphatic rings. The standard InChI is InChI=1S/C22H24N2O5S2/c1-21(14-25)13-16(21)7-5-4-6-15-8-9-17-18(12-15)30-19(23-17)10-11-22(2,20(26)24-27)31(3,28)29/h8-9,12,16,25,27H,10-11,13-14H2,1-3H3,(H,24,26)/t16-,21+,22?/m0/s1. The Kier molecular flexibility index (Phi) is 6.45. The Hall–Kier alpha value is -2.43. The van der Waals surface area contributed by atoms with Gasteiger partial charge in [-0.15, -0.1) is 11.3 Å². The van der Waals surface area contributed by atoms with E-state index in [1.165, 1.54) is 23.7 Å². The second kappa shape index (κ2) is 8.60.